The second-order valence-electron chi connectivity index (χ2n) is 3.58. The SMILES string of the molecule is CCC(N)C(=O)N[C@H](C(=O)O)C(C)C. The topological polar surface area (TPSA) is 92.4 Å². The van der Waals surface area contributed by atoms with Gasteiger partial charge in [0, 0.05) is 0 Å². The second-order valence-corrected chi connectivity index (χ2v) is 3.58. The Balaban J connectivity index is 4.31. The summed E-state index contributed by atoms with van der Waals surface area (Å²) in [6, 6.07) is -1.49. The summed E-state index contributed by atoms with van der Waals surface area (Å²) < 4.78 is 0. The molecule has 0 saturated carbocycles. The van der Waals surface area contributed by atoms with Gasteiger partial charge in [-0.2, -0.15) is 0 Å². The number of carboxylic acids is 1. The second kappa shape index (κ2) is 5.59. The van der Waals surface area contributed by atoms with Crippen LogP contribution in [0.15, 0.2) is 0 Å². The minimum Gasteiger partial charge on any atom is -0.480 e. The lowest BCUT2D eigenvalue weighted by Gasteiger charge is -2.19. The molecule has 0 aromatic rings. The van der Waals surface area contributed by atoms with Crippen LogP contribution in [-0.2, 0) is 9.59 Å². The third kappa shape index (κ3) is 3.74. The molecule has 82 valence electrons. The van der Waals surface area contributed by atoms with Gasteiger partial charge in [-0.3, -0.25) is 4.79 Å². The predicted molar refractivity (Wildman–Crippen MR) is 52.7 cm³/mol. The highest BCUT2D eigenvalue weighted by atomic mass is 16.4. The number of carboxylic acid groups (broad SMARTS) is 1. The van der Waals surface area contributed by atoms with Crippen molar-refractivity contribution < 1.29 is 14.7 Å². The third-order valence-electron chi connectivity index (χ3n) is 2.01. The van der Waals surface area contributed by atoms with Crippen LogP contribution in [0.1, 0.15) is 27.2 Å². The van der Waals surface area contributed by atoms with E-state index >= 15 is 0 Å². The van der Waals surface area contributed by atoms with Gasteiger partial charge >= 0.3 is 5.97 Å². The van der Waals surface area contributed by atoms with Crippen molar-refractivity contribution >= 4 is 11.9 Å². The molecule has 1 amide bonds. The highest BCUT2D eigenvalue weighted by molar-refractivity contribution is 5.86. The summed E-state index contributed by atoms with van der Waals surface area (Å²) in [6.45, 7) is 5.24. The van der Waals surface area contributed by atoms with E-state index in [1.807, 2.05) is 0 Å². The molecule has 0 aliphatic carbocycles. The molecule has 0 aliphatic rings. The molecule has 5 nitrogen and oxygen atoms in total. The monoisotopic (exact) mass is 202 g/mol. The molecule has 0 bridgehead atoms. The predicted octanol–water partition coefficient (Wildman–Crippen LogP) is -0.0509. The minimum atomic E-state index is -1.03. The molecule has 14 heavy (non-hydrogen) atoms. The standard InChI is InChI=1S/C9H18N2O3/c1-4-6(10)8(12)11-7(5(2)3)9(13)14/h5-7H,4,10H2,1-3H3,(H,11,12)(H,13,14)/t6?,7-/m0/s1. The van der Waals surface area contributed by atoms with E-state index in [-0.39, 0.29) is 5.92 Å². The summed E-state index contributed by atoms with van der Waals surface area (Å²) in [5.74, 6) is -1.59. The Morgan fingerprint density at radius 1 is 1.43 bits per heavy atom. The molecule has 0 aromatic heterocycles. The maximum atomic E-state index is 11.3. The van der Waals surface area contributed by atoms with E-state index in [9.17, 15) is 9.59 Å². The highest BCUT2D eigenvalue weighted by Crippen LogP contribution is 2.02. The molecular weight excluding hydrogens is 184 g/mol. The third-order valence-corrected chi connectivity index (χ3v) is 2.01. The molecule has 0 spiro atoms. The van der Waals surface area contributed by atoms with Gasteiger partial charge in [0.1, 0.15) is 6.04 Å². The fourth-order valence-corrected chi connectivity index (χ4v) is 0.959. The lowest BCUT2D eigenvalue weighted by molar-refractivity contribution is -0.143. The zero-order valence-electron chi connectivity index (χ0n) is 8.78. The van der Waals surface area contributed by atoms with E-state index < -0.39 is 24.0 Å². The summed E-state index contributed by atoms with van der Waals surface area (Å²) in [6.07, 6.45) is 0.496. The van der Waals surface area contributed by atoms with Gasteiger partial charge in [0.25, 0.3) is 0 Å². The van der Waals surface area contributed by atoms with Crippen molar-refractivity contribution in [2.75, 3.05) is 0 Å². The van der Waals surface area contributed by atoms with Gasteiger partial charge < -0.3 is 16.2 Å². The first-order valence-electron chi connectivity index (χ1n) is 4.68. The van der Waals surface area contributed by atoms with Crippen LogP contribution < -0.4 is 11.1 Å². The average Bonchev–Trinajstić information content (AvgIpc) is 2.11. The molecule has 0 heterocycles. The molecule has 1 unspecified atom stereocenters. The minimum absolute atomic E-state index is 0.152. The van der Waals surface area contributed by atoms with Gasteiger partial charge in [-0.15, -0.1) is 0 Å². The zero-order chi connectivity index (χ0) is 11.3. The van der Waals surface area contributed by atoms with Gasteiger partial charge in [0.15, 0.2) is 0 Å². The van der Waals surface area contributed by atoms with Crippen LogP contribution in [0.5, 0.6) is 0 Å². The quantitative estimate of drug-likeness (QED) is 0.582. The smallest absolute Gasteiger partial charge is 0.326 e. The maximum Gasteiger partial charge on any atom is 0.326 e. The molecule has 5 heteroatoms. The van der Waals surface area contributed by atoms with Crippen LogP contribution in [0.4, 0.5) is 0 Å². The molecule has 0 rings (SSSR count). The van der Waals surface area contributed by atoms with Crippen LogP contribution in [-0.4, -0.2) is 29.1 Å². The fourth-order valence-electron chi connectivity index (χ4n) is 0.959. The van der Waals surface area contributed by atoms with E-state index in [0.717, 1.165) is 0 Å². The lowest BCUT2D eigenvalue weighted by atomic mass is 10.0. The van der Waals surface area contributed by atoms with Crippen LogP contribution >= 0.6 is 0 Å². The summed E-state index contributed by atoms with van der Waals surface area (Å²) in [5.41, 5.74) is 5.46. The first-order chi connectivity index (χ1) is 6.40. The number of nitrogens with one attached hydrogen (secondary N) is 1. The van der Waals surface area contributed by atoms with Gasteiger partial charge in [0.2, 0.25) is 5.91 Å². The number of rotatable bonds is 5. The van der Waals surface area contributed by atoms with Crippen molar-refractivity contribution in [2.45, 2.75) is 39.3 Å². The first-order valence-corrected chi connectivity index (χ1v) is 4.68. The summed E-state index contributed by atoms with van der Waals surface area (Å²) in [4.78, 5) is 22.0. The average molecular weight is 202 g/mol. The van der Waals surface area contributed by atoms with E-state index in [1.54, 1.807) is 20.8 Å². The summed E-state index contributed by atoms with van der Waals surface area (Å²) >= 11 is 0. The Morgan fingerprint density at radius 2 is 1.93 bits per heavy atom. The van der Waals surface area contributed by atoms with E-state index in [1.165, 1.54) is 0 Å². The van der Waals surface area contributed by atoms with Gasteiger partial charge in [-0.25, -0.2) is 4.79 Å². The number of aliphatic carboxylic acids is 1. The first kappa shape index (κ1) is 12.9. The van der Waals surface area contributed by atoms with Crippen LogP contribution in [0.25, 0.3) is 0 Å². The van der Waals surface area contributed by atoms with Crippen LogP contribution in [0.2, 0.25) is 0 Å². The molecular formula is C9H18N2O3. The highest BCUT2D eigenvalue weighted by Gasteiger charge is 2.25. The van der Waals surface area contributed by atoms with E-state index in [0.29, 0.717) is 6.42 Å². The number of carbonyl (C=O) groups is 2. The van der Waals surface area contributed by atoms with Crippen molar-refractivity contribution in [3.8, 4) is 0 Å². The largest absolute Gasteiger partial charge is 0.480 e. The molecule has 0 aliphatic heterocycles. The number of nitrogens with two attached hydrogens (primary N) is 1. The van der Waals surface area contributed by atoms with E-state index in [4.69, 9.17) is 10.8 Å². The molecule has 4 N–H and O–H groups in total. The van der Waals surface area contributed by atoms with Gasteiger partial charge in [-0.05, 0) is 12.3 Å². The molecule has 2 atom stereocenters. The number of hydrogen-bond acceptors (Lipinski definition) is 3. The number of amides is 1. The molecule has 0 radical (unpaired) electrons. The van der Waals surface area contributed by atoms with Crippen molar-refractivity contribution in [1.82, 2.24) is 5.32 Å². The van der Waals surface area contributed by atoms with Crippen molar-refractivity contribution in [2.24, 2.45) is 11.7 Å². The van der Waals surface area contributed by atoms with Crippen molar-refractivity contribution in [3.63, 3.8) is 0 Å². The maximum absolute atomic E-state index is 11.3. The van der Waals surface area contributed by atoms with Crippen molar-refractivity contribution in [1.29, 1.82) is 0 Å². The Bertz CT molecular complexity index is 216. The molecule has 0 saturated heterocycles. The van der Waals surface area contributed by atoms with Crippen LogP contribution in [0, 0.1) is 5.92 Å². The van der Waals surface area contributed by atoms with Crippen molar-refractivity contribution in [3.05, 3.63) is 0 Å². The van der Waals surface area contributed by atoms with Crippen LogP contribution in [0.3, 0.4) is 0 Å². The Labute approximate surface area is 83.7 Å². The van der Waals surface area contributed by atoms with Gasteiger partial charge in [-0.1, -0.05) is 20.8 Å². The lowest BCUT2D eigenvalue weighted by Crippen LogP contribution is -2.50. The number of carbonyl (C=O) groups excluding carboxylic acids is 1. The van der Waals surface area contributed by atoms with E-state index in [2.05, 4.69) is 5.32 Å². The summed E-state index contributed by atoms with van der Waals surface area (Å²) in [7, 11) is 0. The molecule has 0 aromatic carbocycles. The Kier molecular flexibility index (Phi) is 5.15. The van der Waals surface area contributed by atoms with Gasteiger partial charge in [0.05, 0.1) is 6.04 Å². The molecule has 0 fully saturated rings. The number of hydrogen-bond donors (Lipinski definition) is 3. The Morgan fingerprint density at radius 3 is 2.21 bits per heavy atom. The fraction of sp³-hybridized carbons (Fsp3) is 0.778. The summed E-state index contributed by atoms with van der Waals surface area (Å²) in [5, 5.41) is 11.2. The Hall–Kier alpha value is -1.10. The normalized spacial score (nSPS) is 14.9. The zero-order valence-corrected chi connectivity index (χ0v) is 8.78.